The molecule has 1 aromatic heterocycles. The van der Waals surface area contributed by atoms with E-state index in [9.17, 15) is 0 Å². The Labute approximate surface area is 103 Å². The van der Waals surface area contributed by atoms with Crippen LogP contribution in [0.4, 0.5) is 11.5 Å². The third kappa shape index (κ3) is 4.94. The van der Waals surface area contributed by atoms with Gasteiger partial charge in [-0.1, -0.05) is 17.7 Å². The Hall–Kier alpha value is -2.14. The summed E-state index contributed by atoms with van der Waals surface area (Å²) >= 11 is 5.84. The quantitative estimate of drug-likeness (QED) is 0.803. The summed E-state index contributed by atoms with van der Waals surface area (Å²) in [7, 11) is 0. The van der Waals surface area contributed by atoms with Gasteiger partial charge in [0.15, 0.2) is 0 Å². The number of hydrogen-bond acceptors (Lipinski definition) is 4. The van der Waals surface area contributed by atoms with Crippen molar-refractivity contribution in [2.24, 2.45) is 0 Å². The summed E-state index contributed by atoms with van der Waals surface area (Å²) in [5.41, 5.74) is 0.913. The average molecular weight is 252 g/mol. The van der Waals surface area contributed by atoms with Crippen molar-refractivity contribution in [1.82, 2.24) is 9.97 Å². The average Bonchev–Trinajstić information content (AvgIpc) is 2.31. The van der Waals surface area contributed by atoms with Crippen LogP contribution >= 0.6 is 11.6 Å². The van der Waals surface area contributed by atoms with E-state index in [1.165, 1.54) is 6.33 Å². The lowest BCUT2D eigenvalue weighted by molar-refractivity contribution is -0.122. The zero-order valence-corrected chi connectivity index (χ0v) is 9.50. The molecule has 0 aliphatic carbocycles. The van der Waals surface area contributed by atoms with Gasteiger partial charge in [-0.2, -0.15) is 0 Å². The van der Waals surface area contributed by atoms with Gasteiger partial charge in [-0.05, 0) is 24.3 Å². The second-order valence-electron chi connectivity index (χ2n) is 2.84. The summed E-state index contributed by atoms with van der Waals surface area (Å²) in [6.07, 6.45) is 3.17. The van der Waals surface area contributed by atoms with Crippen LogP contribution in [0.15, 0.2) is 42.9 Å². The number of nitrogens with zero attached hydrogens (tertiary/aromatic N) is 2. The van der Waals surface area contributed by atoms with Crippen molar-refractivity contribution in [3.63, 3.8) is 0 Å². The van der Waals surface area contributed by atoms with Crippen molar-refractivity contribution in [2.75, 3.05) is 5.32 Å². The minimum Gasteiger partial charge on any atom is -0.483 e. The van der Waals surface area contributed by atoms with E-state index in [1.54, 1.807) is 12.3 Å². The topological polar surface area (TPSA) is 75.1 Å². The molecule has 17 heavy (non-hydrogen) atoms. The molecule has 88 valence electrons. The highest BCUT2D eigenvalue weighted by Crippen LogP contribution is 2.17. The highest BCUT2D eigenvalue weighted by atomic mass is 35.5. The molecule has 0 amide bonds. The summed E-state index contributed by atoms with van der Waals surface area (Å²) in [6, 6.07) is 9.26. The molecular formula is C11H10ClN3O2. The SMILES string of the molecule is Clc1cccc(Nc2ccncn2)c1.O=CO. The molecule has 0 spiro atoms. The molecule has 0 radical (unpaired) electrons. The molecule has 2 N–H and O–H groups in total. The Morgan fingerprint density at radius 3 is 2.71 bits per heavy atom. The van der Waals surface area contributed by atoms with Gasteiger partial charge in [0.25, 0.3) is 6.47 Å². The van der Waals surface area contributed by atoms with Gasteiger partial charge in [-0.15, -0.1) is 0 Å². The predicted molar refractivity (Wildman–Crippen MR) is 65.5 cm³/mol. The molecule has 0 bridgehead atoms. The number of nitrogens with one attached hydrogen (secondary N) is 1. The summed E-state index contributed by atoms with van der Waals surface area (Å²) in [4.78, 5) is 16.2. The van der Waals surface area contributed by atoms with Crippen molar-refractivity contribution in [1.29, 1.82) is 0 Å². The van der Waals surface area contributed by atoms with Crippen LogP contribution in [0.25, 0.3) is 0 Å². The Balaban J connectivity index is 0.000000437. The Bertz CT molecular complexity index is 465. The van der Waals surface area contributed by atoms with Crippen LogP contribution in [0.2, 0.25) is 5.02 Å². The Morgan fingerprint density at radius 1 is 1.35 bits per heavy atom. The summed E-state index contributed by atoms with van der Waals surface area (Å²) in [5.74, 6) is 0.752. The van der Waals surface area contributed by atoms with Crippen LogP contribution in [-0.4, -0.2) is 21.5 Å². The first-order valence-electron chi connectivity index (χ1n) is 4.62. The number of benzene rings is 1. The van der Waals surface area contributed by atoms with Crippen molar-refractivity contribution >= 4 is 29.6 Å². The zero-order chi connectivity index (χ0) is 12.5. The van der Waals surface area contributed by atoms with Crippen LogP contribution in [0.1, 0.15) is 0 Å². The van der Waals surface area contributed by atoms with Crippen LogP contribution in [-0.2, 0) is 4.79 Å². The largest absolute Gasteiger partial charge is 0.483 e. The second kappa shape index (κ2) is 7.19. The van der Waals surface area contributed by atoms with Crippen molar-refractivity contribution in [3.05, 3.63) is 47.9 Å². The summed E-state index contributed by atoms with van der Waals surface area (Å²) < 4.78 is 0. The van der Waals surface area contributed by atoms with E-state index in [-0.39, 0.29) is 6.47 Å². The van der Waals surface area contributed by atoms with Gasteiger partial charge >= 0.3 is 0 Å². The summed E-state index contributed by atoms with van der Waals surface area (Å²) in [6.45, 7) is -0.250. The van der Waals surface area contributed by atoms with Gasteiger partial charge in [-0.3, -0.25) is 4.79 Å². The first-order valence-corrected chi connectivity index (χ1v) is 5.00. The molecule has 5 nitrogen and oxygen atoms in total. The van der Waals surface area contributed by atoms with E-state index in [4.69, 9.17) is 21.5 Å². The molecular weight excluding hydrogens is 242 g/mol. The van der Waals surface area contributed by atoms with Gasteiger partial charge in [0.1, 0.15) is 12.1 Å². The molecule has 0 saturated heterocycles. The molecule has 0 aliphatic rings. The van der Waals surface area contributed by atoms with Crippen LogP contribution in [0.3, 0.4) is 0 Å². The fraction of sp³-hybridized carbons (Fsp3) is 0. The fourth-order valence-electron chi connectivity index (χ4n) is 1.08. The Morgan fingerprint density at radius 2 is 2.12 bits per heavy atom. The van der Waals surface area contributed by atoms with Crippen molar-refractivity contribution < 1.29 is 9.90 Å². The van der Waals surface area contributed by atoms with Gasteiger partial charge in [0, 0.05) is 16.9 Å². The standard InChI is InChI=1S/C10H8ClN3.CH2O2/c11-8-2-1-3-9(6-8)14-10-4-5-12-7-13-10;2-1-3/h1-7H,(H,12,13,14);1H,(H,2,3). The highest BCUT2D eigenvalue weighted by molar-refractivity contribution is 6.30. The second-order valence-corrected chi connectivity index (χ2v) is 3.27. The van der Waals surface area contributed by atoms with E-state index in [0.29, 0.717) is 5.02 Å². The van der Waals surface area contributed by atoms with Gasteiger partial charge in [0.2, 0.25) is 0 Å². The van der Waals surface area contributed by atoms with Crippen LogP contribution in [0, 0.1) is 0 Å². The lowest BCUT2D eigenvalue weighted by atomic mass is 10.3. The van der Waals surface area contributed by atoms with E-state index >= 15 is 0 Å². The highest BCUT2D eigenvalue weighted by Gasteiger charge is 1.94. The third-order valence-electron chi connectivity index (χ3n) is 1.68. The fourth-order valence-corrected chi connectivity index (χ4v) is 1.27. The number of rotatable bonds is 2. The number of carbonyl (C=O) groups is 1. The lowest BCUT2D eigenvalue weighted by Crippen LogP contribution is -1.92. The lowest BCUT2D eigenvalue weighted by Gasteiger charge is -2.04. The van der Waals surface area contributed by atoms with Crippen molar-refractivity contribution in [2.45, 2.75) is 0 Å². The maximum atomic E-state index is 8.36. The minimum atomic E-state index is -0.250. The van der Waals surface area contributed by atoms with Crippen LogP contribution in [0.5, 0.6) is 0 Å². The predicted octanol–water partition coefficient (Wildman–Crippen LogP) is 2.57. The normalized spacial score (nSPS) is 8.76. The molecule has 6 heteroatoms. The van der Waals surface area contributed by atoms with E-state index in [0.717, 1.165) is 11.5 Å². The van der Waals surface area contributed by atoms with Crippen LogP contribution < -0.4 is 5.32 Å². The number of aromatic nitrogens is 2. The maximum Gasteiger partial charge on any atom is 0.290 e. The van der Waals surface area contributed by atoms with Crippen molar-refractivity contribution in [3.8, 4) is 0 Å². The van der Waals surface area contributed by atoms with Gasteiger partial charge < -0.3 is 10.4 Å². The maximum absolute atomic E-state index is 8.36. The molecule has 0 aliphatic heterocycles. The first-order chi connectivity index (χ1) is 8.26. The molecule has 0 fully saturated rings. The van der Waals surface area contributed by atoms with E-state index in [1.807, 2.05) is 24.3 Å². The molecule has 0 atom stereocenters. The number of halogens is 1. The van der Waals surface area contributed by atoms with Gasteiger partial charge in [-0.25, -0.2) is 9.97 Å². The molecule has 2 rings (SSSR count). The van der Waals surface area contributed by atoms with E-state index in [2.05, 4.69) is 15.3 Å². The molecule has 1 heterocycles. The zero-order valence-electron chi connectivity index (χ0n) is 8.75. The number of carboxylic acid groups (broad SMARTS) is 1. The molecule has 0 saturated carbocycles. The molecule has 2 aromatic rings. The monoisotopic (exact) mass is 251 g/mol. The molecule has 1 aromatic carbocycles. The smallest absolute Gasteiger partial charge is 0.290 e. The number of anilines is 2. The van der Waals surface area contributed by atoms with E-state index < -0.39 is 0 Å². The van der Waals surface area contributed by atoms with Gasteiger partial charge in [0.05, 0.1) is 0 Å². The molecule has 0 unspecified atom stereocenters. The summed E-state index contributed by atoms with van der Waals surface area (Å²) in [5, 5.41) is 10.7. The third-order valence-corrected chi connectivity index (χ3v) is 1.91. The minimum absolute atomic E-state index is 0.250. The number of hydrogen-bond donors (Lipinski definition) is 2. The Kier molecular flexibility index (Phi) is 5.46. The first kappa shape index (κ1) is 12.9.